The quantitative estimate of drug-likeness (QED) is 0.516. The SMILES string of the molecule is COc1ccc(CNc2nccc3c2sc2nnc(C)c(C)c23)cc1F.Cl. The Labute approximate surface area is 166 Å². The minimum absolute atomic E-state index is 0. The molecule has 0 saturated carbocycles. The van der Waals surface area contributed by atoms with Gasteiger partial charge in [-0.2, -0.15) is 5.10 Å². The number of anilines is 1. The number of thiophene rings is 1. The van der Waals surface area contributed by atoms with Crippen molar-refractivity contribution in [3.05, 3.63) is 53.1 Å². The molecule has 0 unspecified atom stereocenters. The molecule has 3 heterocycles. The van der Waals surface area contributed by atoms with Crippen LogP contribution in [-0.2, 0) is 6.54 Å². The topological polar surface area (TPSA) is 59.9 Å². The first kappa shape index (κ1) is 19.3. The van der Waals surface area contributed by atoms with Crippen LogP contribution in [0.5, 0.6) is 5.75 Å². The van der Waals surface area contributed by atoms with Gasteiger partial charge in [-0.25, -0.2) is 9.37 Å². The Morgan fingerprint density at radius 1 is 1.19 bits per heavy atom. The minimum atomic E-state index is -0.374. The number of aromatic nitrogens is 3. The van der Waals surface area contributed by atoms with Crippen molar-refractivity contribution in [3.63, 3.8) is 0 Å². The lowest BCUT2D eigenvalue weighted by atomic mass is 10.1. The molecule has 3 aromatic heterocycles. The summed E-state index contributed by atoms with van der Waals surface area (Å²) in [4.78, 5) is 5.36. The molecule has 5 nitrogen and oxygen atoms in total. The molecule has 0 aliphatic carbocycles. The van der Waals surface area contributed by atoms with Gasteiger partial charge in [0.15, 0.2) is 11.6 Å². The molecule has 0 atom stereocenters. The number of ether oxygens (including phenoxy) is 1. The Morgan fingerprint density at radius 2 is 2.00 bits per heavy atom. The lowest BCUT2D eigenvalue weighted by Gasteiger charge is -2.08. The predicted octanol–water partition coefficient (Wildman–Crippen LogP) is 5.04. The number of halogens is 2. The van der Waals surface area contributed by atoms with Crippen LogP contribution in [0.1, 0.15) is 16.8 Å². The van der Waals surface area contributed by atoms with E-state index < -0.39 is 0 Å². The molecule has 0 fully saturated rings. The van der Waals surface area contributed by atoms with Gasteiger partial charge < -0.3 is 10.1 Å². The maximum Gasteiger partial charge on any atom is 0.165 e. The van der Waals surface area contributed by atoms with E-state index >= 15 is 0 Å². The first-order chi connectivity index (χ1) is 12.6. The van der Waals surface area contributed by atoms with E-state index in [9.17, 15) is 4.39 Å². The predicted molar refractivity (Wildman–Crippen MR) is 110 cm³/mol. The molecule has 140 valence electrons. The number of pyridine rings is 1. The minimum Gasteiger partial charge on any atom is -0.494 e. The van der Waals surface area contributed by atoms with Crippen molar-refractivity contribution in [2.24, 2.45) is 0 Å². The number of rotatable bonds is 4. The number of hydrogen-bond acceptors (Lipinski definition) is 6. The van der Waals surface area contributed by atoms with Gasteiger partial charge in [0, 0.05) is 23.5 Å². The van der Waals surface area contributed by atoms with Gasteiger partial charge in [0.05, 0.1) is 17.5 Å². The Kier molecular flexibility index (Phi) is 5.43. The van der Waals surface area contributed by atoms with Crippen molar-refractivity contribution in [3.8, 4) is 5.75 Å². The van der Waals surface area contributed by atoms with Crippen molar-refractivity contribution in [1.82, 2.24) is 15.2 Å². The molecule has 0 amide bonds. The first-order valence-electron chi connectivity index (χ1n) is 8.16. The molecule has 1 N–H and O–H groups in total. The maximum atomic E-state index is 13.9. The molecule has 1 aromatic carbocycles. The van der Waals surface area contributed by atoms with Crippen LogP contribution < -0.4 is 10.1 Å². The molecule has 0 aliphatic rings. The van der Waals surface area contributed by atoms with Gasteiger partial charge in [0.1, 0.15) is 10.6 Å². The van der Waals surface area contributed by atoms with Gasteiger partial charge in [-0.05, 0) is 43.2 Å². The third kappa shape index (κ3) is 3.40. The summed E-state index contributed by atoms with van der Waals surface area (Å²) in [5.74, 6) is 0.628. The van der Waals surface area contributed by atoms with Crippen LogP contribution in [0.15, 0.2) is 30.5 Å². The second-order valence-electron chi connectivity index (χ2n) is 6.05. The highest BCUT2D eigenvalue weighted by atomic mass is 35.5. The Morgan fingerprint density at radius 3 is 2.74 bits per heavy atom. The standard InChI is InChI=1S/C19H17FN4OS.ClH/c1-10-11(2)23-24-19-16(10)13-6-7-21-18(17(13)26-19)22-9-12-4-5-15(25-3)14(20)8-12;/h4-8H,9H2,1-3H3,(H,21,22);1H. The number of methoxy groups -OCH3 is 1. The Hall–Kier alpha value is -2.51. The third-order valence-electron chi connectivity index (χ3n) is 4.47. The fraction of sp³-hybridized carbons (Fsp3) is 0.211. The summed E-state index contributed by atoms with van der Waals surface area (Å²) in [5.41, 5.74) is 2.88. The molecule has 0 spiro atoms. The summed E-state index contributed by atoms with van der Waals surface area (Å²) in [7, 11) is 1.45. The van der Waals surface area contributed by atoms with E-state index in [1.165, 1.54) is 13.2 Å². The molecule has 0 saturated heterocycles. The highest BCUT2D eigenvalue weighted by molar-refractivity contribution is 7.26. The van der Waals surface area contributed by atoms with E-state index in [1.807, 2.05) is 19.1 Å². The van der Waals surface area contributed by atoms with E-state index in [-0.39, 0.29) is 24.0 Å². The van der Waals surface area contributed by atoms with Crippen LogP contribution in [0, 0.1) is 19.7 Å². The van der Waals surface area contributed by atoms with Crippen molar-refractivity contribution in [2.75, 3.05) is 12.4 Å². The lowest BCUT2D eigenvalue weighted by molar-refractivity contribution is 0.386. The highest BCUT2D eigenvalue weighted by Crippen LogP contribution is 2.38. The molecule has 8 heteroatoms. The zero-order valence-electron chi connectivity index (χ0n) is 15.0. The number of benzene rings is 1. The summed E-state index contributed by atoms with van der Waals surface area (Å²) in [5, 5.41) is 14.1. The molecular weight excluding hydrogens is 387 g/mol. The zero-order valence-corrected chi connectivity index (χ0v) is 16.7. The molecule has 0 radical (unpaired) electrons. The van der Waals surface area contributed by atoms with Gasteiger partial charge >= 0.3 is 0 Å². The molecule has 0 bridgehead atoms. The summed E-state index contributed by atoms with van der Waals surface area (Å²) in [6.07, 6.45) is 1.78. The number of hydrogen-bond donors (Lipinski definition) is 1. The third-order valence-corrected chi connectivity index (χ3v) is 5.57. The van der Waals surface area contributed by atoms with E-state index in [0.29, 0.717) is 6.54 Å². The first-order valence-corrected chi connectivity index (χ1v) is 8.97. The summed E-state index contributed by atoms with van der Waals surface area (Å²) in [6, 6.07) is 6.93. The monoisotopic (exact) mass is 404 g/mol. The maximum absolute atomic E-state index is 13.9. The van der Waals surface area contributed by atoms with Gasteiger partial charge in [0.2, 0.25) is 0 Å². The average molecular weight is 405 g/mol. The second kappa shape index (κ2) is 7.62. The van der Waals surface area contributed by atoms with Crippen LogP contribution in [0.3, 0.4) is 0 Å². The lowest BCUT2D eigenvalue weighted by Crippen LogP contribution is -2.02. The molecule has 4 rings (SSSR count). The van der Waals surface area contributed by atoms with E-state index in [4.69, 9.17) is 4.74 Å². The fourth-order valence-electron chi connectivity index (χ4n) is 2.95. The number of nitrogens with one attached hydrogen (secondary N) is 1. The zero-order chi connectivity index (χ0) is 18.3. The molecule has 0 aliphatic heterocycles. The van der Waals surface area contributed by atoms with Crippen LogP contribution in [0.25, 0.3) is 20.3 Å². The fourth-order valence-corrected chi connectivity index (χ4v) is 4.09. The van der Waals surface area contributed by atoms with E-state index in [1.54, 1.807) is 23.6 Å². The molecular formula is C19H18ClFN4OS. The van der Waals surface area contributed by atoms with Crippen molar-refractivity contribution >= 4 is 49.9 Å². The van der Waals surface area contributed by atoms with Crippen LogP contribution >= 0.6 is 23.7 Å². The number of fused-ring (bicyclic) bond motifs is 3. The summed E-state index contributed by atoms with van der Waals surface area (Å²) >= 11 is 1.56. The summed E-state index contributed by atoms with van der Waals surface area (Å²) < 4.78 is 19.9. The largest absolute Gasteiger partial charge is 0.494 e. The van der Waals surface area contributed by atoms with Gasteiger partial charge in [-0.15, -0.1) is 28.8 Å². The van der Waals surface area contributed by atoms with Gasteiger partial charge in [0.25, 0.3) is 0 Å². The van der Waals surface area contributed by atoms with E-state index in [0.717, 1.165) is 42.9 Å². The molecule has 4 aromatic rings. The summed E-state index contributed by atoms with van der Waals surface area (Å²) in [6.45, 7) is 4.49. The number of aryl methyl sites for hydroxylation is 2. The van der Waals surface area contributed by atoms with Crippen LogP contribution in [-0.4, -0.2) is 22.3 Å². The Balaban J connectivity index is 0.00000210. The smallest absolute Gasteiger partial charge is 0.165 e. The van der Waals surface area contributed by atoms with Gasteiger partial charge in [-0.3, -0.25) is 0 Å². The Bertz CT molecular complexity index is 1130. The number of nitrogens with zero attached hydrogens (tertiary/aromatic N) is 3. The van der Waals surface area contributed by atoms with Crippen LogP contribution in [0.4, 0.5) is 10.2 Å². The van der Waals surface area contributed by atoms with E-state index in [2.05, 4.69) is 27.4 Å². The van der Waals surface area contributed by atoms with Crippen molar-refractivity contribution in [1.29, 1.82) is 0 Å². The van der Waals surface area contributed by atoms with Crippen molar-refractivity contribution < 1.29 is 9.13 Å². The second-order valence-corrected chi connectivity index (χ2v) is 7.05. The van der Waals surface area contributed by atoms with Crippen LogP contribution in [0.2, 0.25) is 0 Å². The highest BCUT2D eigenvalue weighted by Gasteiger charge is 2.14. The van der Waals surface area contributed by atoms with Gasteiger partial charge in [-0.1, -0.05) is 6.07 Å². The normalized spacial score (nSPS) is 10.8. The van der Waals surface area contributed by atoms with Crippen molar-refractivity contribution in [2.45, 2.75) is 20.4 Å². The molecule has 27 heavy (non-hydrogen) atoms. The average Bonchev–Trinajstić information content (AvgIpc) is 3.03.